The first kappa shape index (κ1) is 21.2. The molecule has 0 saturated carbocycles. The van der Waals surface area contributed by atoms with Crippen molar-refractivity contribution in [1.82, 2.24) is 4.57 Å². The molecule has 1 saturated heterocycles. The first-order valence-corrected chi connectivity index (χ1v) is 11.9. The van der Waals surface area contributed by atoms with E-state index in [-0.39, 0.29) is 18.3 Å². The van der Waals surface area contributed by atoms with Crippen LogP contribution in [0.5, 0.6) is 0 Å². The zero-order chi connectivity index (χ0) is 23.5. The minimum atomic E-state index is -0.385. The third kappa shape index (κ3) is 3.29. The number of para-hydroxylation sites is 1. The molecule has 1 aliphatic heterocycles. The van der Waals surface area contributed by atoms with Gasteiger partial charge < -0.3 is 13.9 Å². The molecule has 1 aromatic heterocycles. The molecule has 0 aliphatic carbocycles. The van der Waals surface area contributed by atoms with Crippen molar-refractivity contribution < 1.29 is 9.31 Å². The molecule has 1 aliphatic rings. The number of benzene rings is 4. The standard InChI is InChI=1S/C30H28BNO2/c1-29(2)30(3,4)34-31(33-29)23-13-10-12-22(19-23)26-20-32(24-14-6-5-7-15-24)27-18-17-21-11-8-9-16-25(21)28(26)27/h5-20H,1-4H3. The molecule has 3 nitrogen and oxygen atoms in total. The molecule has 0 unspecified atom stereocenters. The highest BCUT2D eigenvalue weighted by molar-refractivity contribution is 6.62. The molecule has 2 heterocycles. The lowest BCUT2D eigenvalue weighted by Gasteiger charge is -2.32. The van der Waals surface area contributed by atoms with Crippen LogP contribution in [0, 0.1) is 0 Å². The van der Waals surface area contributed by atoms with Gasteiger partial charge in [-0.1, -0.05) is 72.8 Å². The number of rotatable bonds is 3. The largest absolute Gasteiger partial charge is 0.494 e. The van der Waals surface area contributed by atoms with Crippen LogP contribution in [-0.4, -0.2) is 22.9 Å². The minimum absolute atomic E-state index is 0.368. The Kier molecular flexibility index (Phi) is 4.74. The molecule has 0 radical (unpaired) electrons. The Morgan fingerprint density at radius 2 is 1.41 bits per heavy atom. The monoisotopic (exact) mass is 445 g/mol. The summed E-state index contributed by atoms with van der Waals surface area (Å²) in [4.78, 5) is 0. The molecular formula is C30H28BNO2. The normalized spacial score (nSPS) is 17.0. The predicted octanol–water partition coefficient (Wildman–Crippen LogP) is 6.75. The van der Waals surface area contributed by atoms with Gasteiger partial charge in [-0.05, 0) is 67.7 Å². The van der Waals surface area contributed by atoms with Gasteiger partial charge in [-0.25, -0.2) is 0 Å². The van der Waals surface area contributed by atoms with E-state index in [1.807, 2.05) is 0 Å². The highest BCUT2D eigenvalue weighted by Gasteiger charge is 2.51. The average molecular weight is 445 g/mol. The van der Waals surface area contributed by atoms with Crippen molar-refractivity contribution in [3.8, 4) is 16.8 Å². The van der Waals surface area contributed by atoms with E-state index >= 15 is 0 Å². The zero-order valence-corrected chi connectivity index (χ0v) is 20.1. The molecule has 5 aromatic rings. The summed E-state index contributed by atoms with van der Waals surface area (Å²) in [6.45, 7) is 8.37. The Hall–Kier alpha value is -3.34. The van der Waals surface area contributed by atoms with Crippen molar-refractivity contribution in [3.05, 3.63) is 97.2 Å². The van der Waals surface area contributed by atoms with Crippen molar-refractivity contribution in [2.24, 2.45) is 0 Å². The zero-order valence-electron chi connectivity index (χ0n) is 20.1. The van der Waals surface area contributed by atoms with Crippen molar-refractivity contribution in [3.63, 3.8) is 0 Å². The van der Waals surface area contributed by atoms with E-state index in [9.17, 15) is 0 Å². The van der Waals surface area contributed by atoms with Crippen LogP contribution in [-0.2, 0) is 9.31 Å². The summed E-state index contributed by atoms with van der Waals surface area (Å²) in [6, 6.07) is 32.2. The number of fused-ring (bicyclic) bond motifs is 3. The lowest BCUT2D eigenvalue weighted by molar-refractivity contribution is 0.00578. The number of nitrogens with zero attached hydrogens (tertiary/aromatic N) is 1. The molecule has 0 N–H and O–H groups in total. The van der Waals surface area contributed by atoms with Crippen LogP contribution in [0.25, 0.3) is 38.5 Å². The number of aromatic nitrogens is 1. The molecule has 1 fully saturated rings. The maximum absolute atomic E-state index is 6.35. The van der Waals surface area contributed by atoms with Gasteiger partial charge in [0.2, 0.25) is 0 Å². The van der Waals surface area contributed by atoms with Gasteiger partial charge in [-0.2, -0.15) is 0 Å². The topological polar surface area (TPSA) is 23.4 Å². The lowest BCUT2D eigenvalue weighted by atomic mass is 9.78. The smallest absolute Gasteiger partial charge is 0.399 e. The molecule has 34 heavy (non-hydrogen) atoms. The van der Waals surface area contributed by atoms with Crippen molar-refractivity contribution >= 4 is 34.3 Å². The van der Waals surface area contributed by atoms with Crippen LogP contribution in [0.2, 0.25) is 0 Å². The van der Waals surface area contributed by atoms with Crippen LogP contribution < -0.4 is 5.46 Å². The molecule has 0 atom stereocenters. The molecule has 4 heteroatoms. The first-order chi connectivity index (χ1) is 16.3. The SMILES string of the molecule is CC1(C)OB(c2cccc(-c3cn(-c4ccccc4)c4ccc5ccccc5c34)c2)OC1(C)C. The second-order valence-electron chi connectivity index (χ2n) is 10.1. The van der Waals surface area contributed by atoms with Crippen molar-refractivity contribution in [2.45, 2.75) is 38.9 Å². The highest BCUT2D eigenvalue weighted by Crippen LogP contribution is 2.39. The maximum atomic E-state index is 6.35. The minimum Gasteiger partial charge on any atom is -0.399 e. The predicted molar refractivity (Wildman–Crippen MR) is 142 cm³/mol. The highest BCUT2D eigenvalue weighted by atomic mass is 16.7. The van der Waals surface area contributed by atoms with E-state index in [1.54, 1.807) is 0 Å². The number of hydrogen-bond acceptors (Lipinski definition) is 2. The average Bonchev–Trinajstić information content (AvgIpc) is 3.34. The van der Waals surface area contributed by atoms with Gasteiger partial charge in [-0.3, -0.25) is 0 Å². The van der Waals surface area contributed by atoms with Gasteiger partial charge in [0.05, 0.1) is 16.7 Å². The fourth-order valence-electron chi connectivity index (χ4n) is 4.86. The molecule has 4 aromatic carbocycles. The molecule has 6 rings (SSSR count). The van der Waals surface area contributed by atoms with Gasteiger partial charge in [-0.15, -0.1) is 0 Å². The van der Waals surface area contributed by atoms with Gasteiger partial charge in [0.25, 0.3) is 0 Å². The quantitative estimate of drug-likeness (QED) is 0.287. The van der Waals surface area contributed by atoms with Crippen LogP contribution in [0.3, 0.4) is 0 Å². The Morgan fingerprint density at radius 3 is 2.18 bits per heavy atom. The fraction of sp³-hybridized carbons (Fsp3) is 0.200. The summed E-state index contributed by atoms with van der Waals surface area (Å²) in [5, 5.41) is 3.75. The van der Waals surface area contributed by atoms with E-state index in [1.165, 1.54) is 27.2 Å². The fourth-order valence-corrected chi connectivity index (χ4v) is 4.86. The molecule has 0 bridgehead atoms. The van der Waals surface area contributed by atoms with Crippen LogP contribution in [0.1, 0.15) is 27.7 Å². The van der Waals surface area contributed by atoms with Gasteiger partial charge in [0, 0.05) is 22.8 Å². The molecule has 168 valence electrons. The maximum Gasteiger partial charge on any atom is 0.494 e. The third-order valence-electron chi connectivity index (χ3n) is 7.45. The van der Waals surface area contributed by atoms with Crippen molar-refractivity contribution in [2.75, 3.05) is 0 Å². The Balaban J connectivity index is 1.56. The molecular weight excluding hydrogens is 417 g/mol. The van der Waals surface area contributed by atoms with Gasteiger partial charge in [0.1, 0.15) is 0 Å². The molecule has 0 amide bonds. The third-order valence-corrected chi connectivity index (χ3v) is 7.45. The summed E-state index contributed by atoms with van der Waals surface area (Å²) in [7, 11) is -0.385. The molecule has 0 spiro atoms. The van der Waals surface area contributed by atoms with E-state index in [0.717, 1.165) is 16.7 Å². The second-order valence-corrected chi connectivity index (χ2v) is 10.1. The lowest BCUT2D eigenvalue weighted by Crippen LogP contribution is -2.41. The summed E-state index contributed by atoms with van der Waals surface area (Å²) in [5.74, 6) is 0. The summed E-state index contributed by atoms with van der Waals surface area (Å²) in [6.07, 6.45) is 2.26. The Labute approximate surface area is 201 Å². The Bertz CT molecular complexity index is 1500. The van der Waals surface area contributed by atoms with Crippen LogP contribution in [0.4, 0.5) is 0 Å². The van der Waals surface area contributed by atoms with Crippen LogP contribution >= 0.6 is 0 Å². The van der Waals surface area contributed by atoms with E-state index in [0.29, 0.717) is 0 Å². The van der Waals surface area contributed by atoms with Gasteiger partial charge >= 0.3 is 7.12 Å². The van der Waals surface area contributed by atoms with Crippen molar-refractivity contribution in [1.29, 1.82) is 0 Å². The summed E-state index contributed by atoms with van der Waals surface area (Å²) >= 11 is 0. The summed E-state index contributed by atoms with van der Waals surface area (Å²) < 4.78 is 15.0. The van der Waals surface area contributed by atoms with Gasteiger partial charge in [0.15, 0.2) is 0 Å². The second kappa shape index (κ2) is 7.59. The summed E-state index contributed by atoms with van der Waals surface area (Å²) in [5.41, 5.74) is 5.01. The van der Waals surface area contributed by atoms with Crippen LogP contribution in [0.15, 0.2) is 97.2 Å². The number of hydrogen-bond donors (Lipinski definition) is 0. The van der Waals surface area contributed by atoms with E-state index in [2.05, 4.69) is 129 Å². The first-order valence-electron chi connectivity index (χ1n) is 11.9. The van der Waals surface area contributed by atoms with E-state index in [4.69, 9.17) is 9.31 Å². The van der Waals surface area contributed by atoms with E-state index < -0.39 is 0 Å². The Morgan fingerprint density at radius 1 is 0.706 bits per heavy atom.